The molecule has 1 saturated carbocycles. The Kier molecular flexibility index (Phi) is 12.5. The lowest BCUT2D eigenvalue weighted by Gasteiger charge is -2.39. The van der Waals surface area contributed by atoms with Crippen LogP contribution >= 0.6 is 0 Å². The molecule has 0 aromatic heterocycles. The molecule has 1 aliphatic rings. The van der Waals surface area contributed by atoms with Gasteiger partial charge in [0.1, 0.15) is 11.6 Å². The molecule has 0 aliphatic heterocycles. The quantitative estimate of drug-likeness (QED) is 0.336. The number of carbonyl (C=O) groups excluding carboxylic acids is 2. The van der Waals surface area contributed by atoms with Crippen LogP contribution in [-0.2, 0) is 9.59 Å². The second-order valence-electron chi connectivity index (χ2n) is 10.8. The molecular formula is C26H50O2. The molecule has 0 aromatic carbocycles. The van der Waals surface area contributed by atoms with Crippen molar-refractivity contribution in [1.82, 2.24) is 0 Å². The van der Waals surface area contributed by atoms with E-state index in [2.05, 4.69) is 55.4 Å². The van der Waals surface area contributed by atoms with Crippen LogP contribution in [0, 0.1) is 40.9 Å². The SMILES string of the molecule is CC.CC(C)CC(C)CC(C)CC(C)(CC(C)CC(C)C)C1CC(=O)CC1=O. The van der Waals surface area contributed by atoms with Crippen molar-refractivity contribution in [3.8, 4) is 0 Å². The van der Waals surface area contributed by atoms with Gasteiger partial charge in [-0.2, -0.15) is 0 Å². The first-order chi connectivity index (χ1) is 12.9. The molecule has 1 fully saturated rings. The van der Waals surface area contributed by atoms with Crippen LogP contribution in [-0.4, -0.2) is 11.6 Å². The van der Waals surface area contributed by atoms with Crippen LogP contribution in [0.4, 0.5) is 0 Å². The Morgan fingerprint density at radius 3 is 1.61 bits per heavy atom. The molecule has 5 atom stereocenters. The van der Waals surface area contributed by atoms with Crippen molar-refractivity contribution < 1.29 is 9.59 Å². The minimum Gasteiger partial charge on any atom is -0.299 e. The zero-order chi connectivity index (χ0) is 22.1. The number of ketones is 2. The van der Waals surface area contributed by atoms with E-state index in [0.29, 0.717) is 24.2 Å². The molecule has 1 aliphatic carbocycles. The highest BCUT2D eigenvalue weighted by Crippen LogP contribution is 2.47. The molecule has 0 N–H and O–H groups in total. The molecule has 166 valence electrons. The first kappa shape index (κ1) is 27.3. The minimum absolute atomic E-state index is 0.0332. The third-order valence-corrected chi connectivity index (χ3v) is 6.21. The summed E-state index contributed by atoms with van der Waals surface area (Å²) in [5.41, 5.74) is -0.0332. The maximum absolute atomic E-state index is 12.6. The lowest BCUT2D eigenvalue weighted by molar-refractivity contribution is -0.125. The molecular weight excluding hydrogens is 344 g/mol. The van der Waals surface area contributed by atoms with Crippen molar-refractivity contribution in [3.63, 3.8) is 0 Å². The summed E-state index contributed by atoms with van der Waals surface area (Å²) in [7, 11) is 0. The zero-order valence-corrected chi connectivity index (χ0v) is 20.7. The van der Waals surface area contributed by atoms with Crippen molar-refractivity contribution in [2.75, 3.05) is 0 Å². The Bertz CT molecular complexity index is 465. The number of rotatable bonds is 11. The Morgan fingerprint density at radius 1 is 0.786 bits per heavy atom. The fourth-order valence-electron chi connectivity index (χ4n) is 5.89. The third-order valence-electron chi connectivity index (χ3n) is 6.21. The number of carbonyl (C=O) groups is 2. The molecule has 5 unspecified atom stereocenters. The maximum Gasteiger partial charge on any atom is 0.144 e. The van der Waals surface area contributed by atoms with Crippen LogP contribution in [0.3, 0.4) is 0 Å². The van der Waals surface area contributed by atoms with E-state index in [1.54, 1.807) is 0 Å². The Labute approximate surface area is 176 Å². The van der Waals surface area contributed by atoms with Crippen LogP contribution in [0.15, 0.2) is 0 Å². The fraction of sp³-hybridized carbons (Fsp3) is 0.923. The van der Waals surface area contributed by atoms with Crippen molar-refractivity contribution in [2.24, 2.45) is 40.9 Å². The molecule has 2 nitrogen and oxygen atoms in total. The highest BCUT2D eigenvalue weighted by molar-refractivity contribution is 6.07. The van der Waals surface area contributed by atoms with Crippen molar-refractivity contribution in [2.45, 2.75) is 114 Å². The second kappa shape index (κ2) is 12.8. The predicted molar refractivity (Wildman–Crippen MR) is 122 cm³/mol. The van der Waals surface area contributed by atoms with Crippen LogP contribution in [0.1, 0.15) is 114 Å². The molecule has 0 spiro atoms. The molecule has 0 amide bonds. The summed E-state index contributed by atoms with van der Waals surface area (Å²) in [6.07, 6.45) is 6.49. The summed E-state index contributed by atoms with van der Waals surface area (Å²) in [4.78, 5) is 24.5. The molecule has 0 bridgehead atoms. The minimum atomic E-state index is -0.0486. The number of hydrogen-bond donors (Lipinski definition) is 0. The van der Waals surface area contributed by atoms with E-state index >= 15 is 0 Å². The number of hydrogen-bond acceptors (Lipinski definition) is 2. The van der Waals surface area contributed by atoms with Crippen LogP contribution in [0.5, 0.6) is 0 Å². The fourth-order valence-corrected chi connectivity index (χ4v) is 5.89. The topological polar surface area (TPSA) is 34.1 Å². The van der Waals surface area contributed by atoms with E-state index in [0.717, 1.165) is 24.7 Å². The summed E-state index contributed by atoms with van der Waals surface area (Å²) in [5.74, 6) is 3.66. The van der Waals surface area contributed by atoms with Crippen molar-refractivity contribution >= 4 is 11.6 Å². The monoisotopic (exact) mass is 394 g/mol. The molecule has 0 aromatic rings. The van der Waals surface area contributed by atoms with Gasteiger partial charge in [-0.05, 0) is 67.1 Å². The Hall–Kier alpha value is -0.660. The normalized spacial score (nSPS) is 22.6. The molecule has 1 rings (SSSR count). The maximum atomic E-state index is 12.6. The van der Waals surface area contributed by atoms with Crippen LogP contribution in [0.2, 0.25) is 0 Å². The van der Waals surface area contributed by atoms with E-state index in [4.69, 9.17) is 0 Å². The average molecular weight is 395 g/mol. The van der Waals surface area contributed by atoms with E-state index in [1.165, 1.54) is 19.3 Å². The highest BCUT2D eigenvalue weighted by Gasteiger charge is 2.45. The Balaban J connectivity index is 0.00000352. The molecule has 0 heterocycles. The van der Waals surface area contributed by atoms with Gasteiger partial charge in [0.05, 0.1) is 6.42 Å². The lowest BCUT2D eigenvalue weighted by atomic mass is 9.64. The van der Waals surface area contributed by atoms with Crippen molar-refractivity contribution in [1.29, 1.82) is 0 Å². The van der Waals surface area contributed by atoms with E-state index in [1.807, 2.05) is 13.8 Å². The summed E-state index contributed by atoms with van der Waals surface area (Å²) in [5, 5.41) is 0. The van der Waals surface area contributed by atoms with Gasteiger partial charge in [-0.25, -0.2) is 0 Å². The largest absolute Gasteiger partial charge is 0.299 e. The van der Waals surface area contributed by atoms with Gasteiger partial charge in [0, 0.05) is 12.3 Å². The van der Waals surface area contributed by atoms with Crippen LogP contribution in [0.25, 0.3) is 0 Å². The van der Waals surface area contributed by atoms with Gasteiger partial charge < -0.3 is 0 Å². The van der Waals surface area contributed by atoms with E-state index in [-0.39, 0.29) is 29.3 Å². The summed E-state index contributed by atoms with van der Waals surface area (Å²) in [6, 6.07) is 0. The third kappa shape index (κ3) is 9.70. The first-order valence-corrected chi connectivity index (χ1v) is 12.0. The van der Waals surface area contributed by atoms with Gasteiger partial charge in [-0.15, -0.1) is 0 Å². The van der Waals surface area contributed by atoms with Gasteiger partial charge in [-0.1, -0.05) is 69.2 Å². The van der Waals surface area contributed by atoms with Gasteiger partial charge in [-0.3, -0.25) is 9.59 Å². The summed E-state index contributed by atoms with van der Waals surface area (Å²) < 4.78 is 0. The van der Waals surface area contributed by atoms with Crippen LogP contribution < -0.4 is 0 Å². The summed E-state index contributed by atoms with van der Waals surface area (Å²) in [6.45, 7) is 22.5. The molecule has 0 saturated heterocycles. The molecule has 28 heavy (non-hydrogen) atoms. The lowest BCUT2D eigenvalue weighted by Crippen LogP contribution is -2.34. The van der Waals surface area contributed by atoms with E-state index < -0.39 is 0 Å². The Morgan fingerprint density at radius 2 is 1.21 bits per heavy atom. The zero-order valence-electron chi connectivity index (χ0n) is 20.7. The first-order valence-electron chi connectivity index (χ1n) is 12.0. The van der Waals surface area contributed by atoms with E-state index in [9.17, 15) is 9.59 Å². The van der Waals surface area contributed by atoms with Gasteiger partial charge in [0.2, 0.25) is 0 Å². The van der Waals surface area contributed by atoms with Crippen molar-refractivity contribution in [3.05, 3.63) is 0 Å². The predicted octanol–water partition coefficient (Wildman–Crippen LogP) is 7.74. The smallest absolute Gasteiger partial charge is 0.144 e. The molecule has 2 heteroatoms. The summed E-state index contributed by atoms with van der Waals surface area (Å²) >= 11 is 0. The van der Waals surface area contributed by atoms with Gasteiger partial charge >= 0.3 is 0 Å². The second-order valence-corrected chi connectivity index (χ2v) is 10.8. The van der Waals surface area contributed by atoms with Gasteiger partial charge in [0.15, 0.2) is 0 Å². The van der Waals surface area contributed by atoms with Gasteiger partial charge in [0.25, 0.3) is 0 Å². The number of Topliss-reactive ketones (excluding diaryl/α,β-unsaturated/α-hetero) is 2. The molecule has 0 radical (unpaired) electrons. The standard InChI is InChI=1S/C24H44O2.C2H6/c1-16(2)9-18(5)11-20(7)15-24(8,14-19(6)10-17(3)4)22-12-21(25)13-23(22)26;1-2/h16-20,22H,9-15H2,1-8H3;1-2H3. The average Bonchev–Trinajstić information content (AvgIpc) is 2.86. The highest BCUT2D eigenvalue weighted by atomic mass is 16.2.